The Kier molecular flexibility index (Phi) is 13.8. The third-order valence-corrected chi connectivity index (χ3v) is 11.5. The first-order valence-electron chi connectivity index (χ1n) is 20.5. The van der Waals surface area contributed by atoms with Crippen LogP contribution in [0.3, 0.4) is 0 Å². The van der Waals surface area contributed by atoms with Crippen molar-refractivity contribution in [3.05, 3.63) is 119 Å². The summed E-state index contributed by atoms with van der Waals surface area (Å²) in [6.07, 6.45) is 7.16. The highest BCUT2D eigenvalue weighted by Crippen LogP contribution is 2.39. The number of nitrogens with zero attached hydrogens (tertiary/aromatic N) is 2. The van der Waals surface area contributed by atoms with Crippen molar-refractivity contribution in [2.75, 3.05) is 43.8 Å². The van der Waals surface area contributed by atoms with Gasteiger partial charge in [0.15, 0.2) is 6.29 Å². The van der Waals surface area contributed by atoms with E-state index in [-0.39, 0.29) is 30.6 Å². The zero-order valence-corrected chi connectivity index (χ0v) is 32.4. The molecule has 4 aromatic rings. The summed E-state index contributed by atoms with van der Waals surface area (Å²) in [5.74, 6) is -0.151. The fourth-order valence-electron chi connectivity index (χ4n) is 8.35. The molecule has 296 valence electrons. The molecule has 3 saturated heterocycles. The molecule has 0 radical (unpaired) electrons. The number of ether oxygens (including phenoxy) is 2. The van der Waals surface area contributed by atoms with E-state index in [9.17, 15) is 14.7 Å². The molecular weight excluding hydrogens is 703 g/mol. The van der Waals surface area contributed by atoms with Crippen molar-refractivity contribution < 1.29 is 24.2 Å². The second-order valence-corrected chi connectivity index (χ2v) is 15.5. The molecule has 10 nitrogen and oxygen atoms in total. The van der Waals surface area contributed by atoms with Crippen molar-refractivity contribution in [3.8, 4) is 11.1 Å². The van der Waals surface area contributed by atoms with Gasteiger partial charge in [-0.1, -0.05) is 84.9 Å². The predicted octanol–water partition coefficient (Wildman–Crippen LogP) is 7.35. The topological polar surface area (TPSA) is 129 Å². The summed E-state index contributed by atoms with van der Waals surface area (Å²) >= 11 is 0. The fourth-order valence-corrected chi connectivity index (χ4v) is 8.35. The number of aliphatic hydroxyl groups excluding tert-OH is 1. The molecule has 3 fully saturated rings. The molecule has 0 bridgehead atoms. The van der Waals surface area contributed by atoms with E-state index in [1.165, 1.54) is 38.8 Å². The van der Waals surface area contributed by atoms with Gasteiger partial charge in [0.25, 0.3) is 0 Å². The first kappa shape index (κ1) is 39.6. The average molecular weight is 760 g/mol. The van der Waals surface area contributed by atoms with Crippen LogP contribution < -0.4 is 16.4 Å². The minimum absolute atomic E-state index is 0.0172. The van der Waals surface area contributed by atoms with Crippen LogP contribution in [-0.2, 0) is 32.2 Å². The highest BCUT2D eigenvalue weighted by Gasteiger charge is 2.36. The molecule has 0 spiro atoms. The van der Waals surface area contributed by atoms with E-state index in [0.29, 0.717) is 49.6 Å². The van der Waals surface area contributed by atoms with Crippen LogP contribution in [0.1, 0.15) is 92.4 Å². The molecule has 56 heavy (non-hydrogen) atoms. The number of aliphatic hydroxyl groups is 1. The summed E-state index contributed by atoms with van der Waals surface area (Å²) in [5, 5.41) is 15.6. The van der Waals surface area contributed by atoms with Crippen LogP contribution in [0.5, 0.6) is 0 Å². The Labute approximate surface area is 331 Å². The van der Waals surface area contributed by atoms with E-state index in [4.69, 9.17) is 15.2 Å². The number of amides is 2. The number of unbranched alkanes of at least 4 members (excludes halogenated alkanes) is 1. The number of carbonyl (C=O) groups excluding carboxylic acids is 2. The van der Waals surface area contributed by atoms with Gasteiger partial charge in [-0.2, -0.15) is 0 Å². The predicted molar refractivity (Wildman–Crippen MR) is 220 cm³/mol. The van der Waals surface area contributed by atoms with Gasteiger partial charge in [-0.3, -0.25) is 14.5 Å². The number of hydrogen-bond donors (Lipinski definition) is 4. The Bertz CT molecular complexity index is 1880. The summed E-state index contributed by atoms with van der Waals surface area (Å²) in [4.78, 5) is 30.4. The first-order chi connectivity index (χ1) is 27.4. The quantitative estimate of drug-likeness (QED) is 0.0690. The Morgan fingerprint density at radius 3 is 2.25 bits per heavy atom. The van der Waals surface area contributed by atoms with Gasteiger partial charge >= 0.3 is 0 Å². The summed E-state index contributed by atoms with van der Waals surface area (Å²) in [6.45, 7) is 6.01. The van der Waals surface area contributed by atoms with E-state index in [2.05, 4.69) is 62.9 Å². The lowest BCUT2D eigenvalue weighted by atomic mass is 9.97. The largest absolute Gasteiger partial charge is 0.397 e. The molecule has 7 rings (SSSR count). The normalized spacial score (nSPS) is 21.6. The van der Waals surface area contributed by atoms with Gasteiger partial charge in [0.2, 0.25) is 11.8 Å². The molecule has 4 unspecified atom stereocenters. The van der Waals surface area contributed by atoms with Crippen LogP contribution in [0.4, 0.5) is 11.4 Å². The molecule has 3 aliphatic rings. The van der Waals surface area contributed by atoms with Crippen LogP contribution in [0.2, 0.25) is 0 Å². The van der Waals surface area contributed by atoms with E-state index >= 15 is 0 Å². The minimum Gasteiger partial charge on any atom is -0.397 e. The molecular formula is C46H57N5O5. The number of para-hydroxylation sites is 2. The second-order valence-electron chi connectivity index (χ2n) is 15.5. The Balaban J connectivity index is 0.957. The van der Waals surface area contributed by atoms with Crippen molar-refractivity contribution in [1.82, 2.24) is 15.1 Å². The van der Waals surface area contributed by atoms with Crippen molar-refractivity contribution in [2.45, 2.75) is 95.5 Å². The van der Waals surface area contributed by atoms with Gasteiger partial charge in [-0.25, -0.2) is 0 Å². The van der Waals surface area contributed by atoms with Gasteiger partial charge in [0, 0.05) is 50.5 Å². The van der Waals surface area contributed by atoms with Crippen LogP contribution in [0.15, 0.2) is 97.1 Å². The molecule has 2 amide bonds. The lowest BCUT2D eigenvalue weighted by Gasteiger charge is -2.39. The number of nitrogen functional groups attached to an aromatic ring is 1. The molecule has 3 heterocycles. The summed E-state index contributed by atoms with van der Waals surface area (Å²) < 4.78 is 13.5. The molecule has 5 N–H and O–H groups in total. The number of likely N-dealkylation sites (tertiary alicyclic amines) is 2. The Hall–Kier alpha value is -4.58. The van der Waals surface area contributed by atoms with Crippen LogP contribution in [0, 0.1) is 0 Å². The molecule has 10 heteroatoms. The van der Waals surface area contributed by atoms with Crippen LogP contribution in [-0.4, -0.2) is 71.6 Å². The standard InChI is InChI=1S/C46H57N5O5/c47-41-13-3-4-14-42(41)49-45(54)16-6-5-15-44(53)48-29-37-10-1-2-12-40(37)34-21-23-36(24-22-34)46-55-39(28-43(56-46)35-19-17-33(32-52)18-20-35)31-51-27-9-11-38(51)30-50-25-7-8-26-50/h1-4,10,12-14,17-24,38-39,43,46,52H,5-9,11,15-16,25-32,47H2,(H,48,53)(H,49,54). The number of carbonyl (C=O) groups is 2. The van der Waals surface area contributed by atoms with Gasteiger partial charge < -0.3 is 35.8 Å². The maximum Gasteiger partial charge on any atom is 0.224 e. The number of rotatable bonds is 16. The van der Waals surface area contributed by atoms with E-state index in [0.717, 1.165) is 59.4 Å². The molecule has 0 aliphatic carbocycles. The van der Waals surface area contributed by atoms with Gasteiger partial charge in [-0.05, 0) is 98.1 Å². The third-order valence-electron chi connectivity index (χ3n) is 11.5. The maximum absolute atomic E-state index is 12.8. The second kappa shape index (κ2) is 19.5. The molecule has 0 saturated carbocycles. The zero-order chi connectivity index (χ0) is 38.7. The number of anilines is 2. The van der Waals surface area contributed by atoms with Crippen molar-refractivity contribution in [2.24, 2.45) is 0 Å². The number of hydrogen-bond acceptors (Lipinski definition) is 8. The Morgan fingerprint density at radius 2 is 1.48 bits per heavy atom. The maximum atomic E-state index is 12.8. The van der Waals surface area contributed by atoms with Crippen LogP contribution >= 0.6 is 0 Å². The van der Waals surface area contributed by atoms with Crippen molar-refractivity contribution in [1.29, 1.82) is 0 Å². The van der Waals surface area contributed by atoms with Gasteiger partial charge in [0.1, 0.15) is 0 Å². The summed E-state index contributed by atoms with van der Waals surface area (Å²) in [6, 6.07) is 32.4. The number of nitrogens with one attached hydrogen (secondary N) is 2. The first-order valence-corrected chi connectivity index (χ1v) is 20.5. The monoisotopic (exact) mass is 759 g/mol. The zero-order valence-electron chi connectivity index (χ0n) is 32.4. The molecule has 4 aromatic carbocycles. The summed E-state index contributed by atoms with van der Waals surface area (Å²) in [5.41, 5.74) is 13.1. The minimum atomic E-state index is -0.512. The van der Waals surface area contributed by atoms with E-state index in [1.54, 1.807) is 12.1 Å². The highest BCUT2D eigenvalue weighted by atomic mass is 16.7. The number of nitrogens with two attached hydrogens (primary N) is 1. The van der Waals surface area contributed by atoms with Crippen LogP contribution in [0.25, 0.3) is 11.1 Å². The van der Waals surface area contributed by atoms with E-state index < -0.39 is 6.29 Å². The lowest BCUT2D eigenvalue weighted by molar-refractivity contribution is -0.253. The van der Waals surface area contributed by atoms with Gasteiger partial charge in [0.05, 0.1) is 30.2 Å². The molecule has 4 atom stereocenters. The van der Waals surface area contributed by atoms with Crippen molar-refractivity contribution >= 4 is 23.2 Å². The lowest BCUT2D eigenvalue weighted by Crippen LogP contribution is -2.45. The highest BCUT2D eigenvalue weighted by molar-refractivity contribution is 5.93. The SMILES string of the molecule is Nc1ccccc1NC(=O)CCCCC(=O)NCc1ccccc1-c1ccc(C2OC(CN3CCCC3CN3CCCC3)CC(c3ccc(CO)cc3)O2)cc1. The summed E-state index contributed by atoms with van der Waals surface area (Å²) in [7, 11) is 0. The third kappa shape index (κ3) is 10.6. The molecule has 0 aromatic heterocycles. The average Bonchev–Trinajstić information content (AvgIpc) is 3.92. The Morgan fingerprint density at radius 1 is 0.768 bits per heavy atom. The number of benzene rings is 4. The van der Waals surface area contributed by atoms with Gasteiger partial charge in [-0.15, -0.1) is 0 Å². The van der Waals surface area contributed by atoms with Crippen molar-refractivity contribution in [3.63, 3.8) is 0 Å². The van der Waals surface area contributed by atoms with E-state index in [1.807, 2.05) is 42.5 Å². The smallest absolute Gasteiger partial charge is 0.224 e. The fraction of sp³-hybridized carbons (Fsp3) is 0.435. The molecule has 3 aliphatic heterocycles.